The molecule has 1 saturated carbocycles. The number of phosphoric ester groups is 1. The van der Waals surface area contributed by atoms with E-state index in [0.29, 0.717) is 29.7 Å². The van der Waals surface area contributed by atoms with E-state index >= 15 is 0 Å². The summed E-state index contributed by atoms with van der Waals surface area (Å²) in [6.45, 7) is 5.86. The highest BCUT2D eigenvalue weighted by Crippen LogP contribution is 2.52. The molecule has 1 aliphatic heterocycles. The van der Waals surface area contributed by atoms with Crippen molar-refractivity contribution in [3.8, 4) is 0 Å². The number of phosphoric acid groups is 1. The van der Waals surface area contributed by atoms with Crippen LogP contribution in [0.25, 0.3) is 11.3 Å². The minimum atomic E-state index is -3.75. The van der Waals surface area contributed by atoms with Gasteiger partial charge in [0.1, 0.15) is 5.76 Å². The van der Waals surface area contributed by atoms with Gasteiger partial charge in [-0.2, -0.15) is 0 Å². The molecule has 1 amide bonds. The molecule has 2 aromatic rings. The molecule has 10 nitrogen and oxygen atoms in total. The van der Waals surface area contributed by atoms with Crippen molar-refractivity contribution in [2.75, 3.05) is 27.9 Å². The Kier molecular flexibility index (Phi) is 13.9. The number of halogens is 4. The average Bonchev–Trinajstić information content (AvgIpc) is 3.29. The minimum Gasteiger partial charge on any atom is -0.434 e. The van der Waals surface area contributed by atoms with E-state index in [2.05, 4.69) is 14.4 Å². The van der Waals surface area contributed by atoms with Gasteiger partial charge in [-0.3, -0.25) is 13.8 Å². The van der Waals surface area contributed by atoms with Crippen molar-refractivity contribution in [2.45, 2.75) is 58.1 Å². The molecule has 1 heterocycles. The van der Waals surface area contributed by atoms with E-state index in [9.17, 15) is 14.2 Å². The number of carbonyl (C=O) groups is 2. The molecule has 0 unspecified atom stereocenters. The lowest BCUT2D eigenvalue weighted by molar-refractivity contribution is -0.116. The van der Waals surface area contributed by atoms with Crippen LogP contribution in [-0.4, -0.2) is 51.6 Å². The Morgan fingerprint density at radius 2 is 1.65 bits per heavy atom. The fourth-order valence-corrected chi connectivity index (χ4v) is 6.64. The first-order valence-electron chi connectivity index (χ1n) is 14.2. The van der Waals surface area contributed by atoms with E-state index in [-0.39, 0.29) is 39.4 Å². The Morgan fingerprint density at radius 3 is 2.22 bits per heavy atom. The fraction of sp³-hybridized carbons (Fsp3) is 0.419. The highest BCUT2D eigenvalue weighted by molar-refractivity contribution is 7.48. The van der Waals surface area contributed by atoms with Gasteiger partial charge in [-0.05, 0) is 69.7 Å². The van der Waals surface area contributed by atoms with Gasteiger partial charge in [0.25, 0.3) is 5.91 Å². The third kappa shape index (κ3) is 8.99. The first-order chi connectivity index (χ1) is 21.8. The van der Waals surface area contributed by atoms with Gasteiger partial charge in [0, 0.05) is 32.4 Å². The van der Waals surface area contributed by atoms with Crippen LogP contribution < -0.4 is 5.32 Å². The molecule has 0 radical (unpaired) electrons. The van der Waals surface area contributed by atoms with Gasteiger partial charge in [0.2, 0.25) is 0 Å². The smallest absolute Gasteiger partial charge is 0.434 e. The van der Waals surface area contributed by atoms with Crippen LogP contribution in [0.1, 0.15) is 54.9 Å². The predicted octanol–water partition coefficient (Wildman–Crippen LogP) is 9.25. The third-order valence-corrected chi connectivity index (χ3v) is 10.1. The second-order valence-corrected chi connectivity index (χ2v) is 13.6. The molecule has 0 saturated heterocycles. The molecule has 1 fully saturated rings. The van der Waals surface area contributed by atoms with Gasteiger partial charge >= 0.3 is 14.0 Å². The number of aryl methyl sites for hydroxylation is 2. The number of ether oxygens (including phenoxy) is 3. The summed E-state index contributed by atoms with van der Waals surface area (Å²) in [4.78, 5) is 25.1. The zero-order chi connectivity index (χ0) is 34.2. The van der Waals surface area contributed by atoms with E-state index in [1.54, 1.807) is 14.0 Å². The molecule has 1 N–H and O–H groups in total. The molecule has 4 rings (SSSR count). The second-order valence-electron chi connectivity index (χ2n) is 10.4. The molecule has 15 heteroatoms. The molecule has 1 aliphatic carbocycles. The Morgan fingerprint density at radius 1 is 1.02 bits per heavy atom. The van der Waals surface area contributed by atoms with Crippen molar-refractivity contribution in [1.82, 2.24) is 5.32 Å². The Balaban J connectivity index is 0.000000268. The molecule has 0 atom stereocenters. The summed E-state index contributed by atoms with van der Waals surface area (Å²) in [5, 5.41) is 3.84. The standard InChI is InChI=1S/C21H27NO5.C10H9Cl4O4P/c1-5-26-20(24)27-18-17(16-12-13(2)6-7-14(16)3)19(23)22-21(18)10-8-15(25-4)9-11-21;1-16-19(15,17-2)18-10(5-11)6-3-8(13)9(14)4-7(6)12/h6-7,12,15H,5,8-11H2,1-4H3,(H,22,23);3-5H,1-2H3/b;10-5-. The van der Waals surface area contributed by atoms with Gasteiger partial charge < -0.3 is 24.1 Å². The zero-order valence-electron chi connectivity index (χ0n) is 26.2. The number of rotatable bonds is 9. The van der Waals surface area contributed by atoms with Gasteiger partial charge in [0.05, 0.1) is 38.9 Å². The van der Waals surface area contributed by atoms with Crippen molar-refractivity contribution >= 4 is 77.6 Å². The lowest BCUT2D eigenvalue weighted by Gasteiger charge is -2.37. The topological polar surface area (TPSA) is 119 Å². The monoisotopic (exact) mass is 737 g/mol. The number of hydrogen-bond donors (Lipinski definition) is 1. The summed E-state index contributed by atoms with van der Waals surface area (Å²) in [5.74, 6) is 0.158. The van der Waals surface area contributed by atoms with E-state index < -0.39 is 19.5 Å². The van der Waals surface area contributed by atoms with Crippen LogP contribution in [0.3, 0.4) is 0 Å². The fourth-order valence-electron chi connectivity index (χ4n) is 5.09. The number of amides is 1. The van der Waals surface area contributed by atoms with Gasteiger partial charge in [0.15, 0.2) is 5.76 Å². The summed E-state index contributed by atoms with van der Waals surface area (Å²) in [5.41, 5.74) is 3.87. The normalized spacial score (nSPS) is 19.8. The van der Waals surface area contributed by atoms with Crippen molar-refractivity contribution in [2.24, 2.45) is 0 Å². The van der Waals surface area contributed by atoms with Crippen LogP contribution in [0.4, 0.5) is 4.79 Å². The van der Waals surface area contributed by atoms with Crippen molar-refractivity contribution in [1.29, 1.82) is 0 Å². The summed E-state index contributed by atoms with van der Waals surface area (Å²) >= 11 is 23.3. The molecule has 46 heavy (non-hydrogen) atoms. The molecule has 0 aromatic heterocycles. The maximum Gasteiger partial charge on any atom is 0.529 e. The number of methoxy groups -OCH3 is 1. The number of hydrogen-bond acceptors (Lipinski definition) is 9. The van der Waals surface area contributed by atoms with Gasteiger partial charge in [-0.25, -0.2) is 9.36 Å². The molecule has 1 spiro atoms. The van der Waals surface area contributed by atoms with Crippen molar-refractivity contribution in [3.05, 3.63) is 78.9 Å². The van der Waals surface area contributed by atoms with E-state index in [0.717, 1.165) is 35.1 Å². The Labute approximate surface area is 288 Å². The second kappa shape index (κ2) is 16.7. The maximum atomic E-state index is 13.0. The van der Waals surface area contributed by atoms with Crippen LogP contribution in [0, 0.1) is 13.8 Å². The average molecular weight is 739 g/mol. The maximum absolute atomic E-state index is 13.0. The zero-order valence-corrected chi connectivity index (χ0v) is 30.1. The minimum absolute atomic E-state index is 0.0164. The molecule has 2 aliphatic rings. The number of carbonyl (C=O) groups excluding carboxylic acids is 2. The van der Waals surface area contributed by atoms with E-state index in [1.165, 1.54) is 26.4 Å². The van der Waals surface area contributed by atoms with E-state index in [1.807, 2.05) is 32.0 Å². The highest BCUT2D eigenvalue weighted by atomic mass is 35.5. The van der Waals surface area contributed by atoms with Gasteiger partial charge in [-0.1, -0.05) is 70.2 Å². The number of benzene rings is 2. The SMILES string of the molecule is CCOC(=O)OC1=C(c2cc(C)ccc2C)C(=O)NC12CCC(OC)CC2.COP(=O)(OC)O/C(=C\Cl)c1cc(Cl)c(Cl)cc1Cl. The van der Waals surface area contributed by atoms with Crippen LogP contribution in [-0.2, 0) is 37.1 Å². The van der Waals surface area contributed by atoms with Crippen LogP contribution in [0.2, 0.25) is 15.1 Å². The quantitative estimate of drug-likeness (QED) is 0.116. The molecular formula is C31H36Cl4NO9P. The molecule has 2 aromatic carbocycles. The van der Waals surface area contributed by atoms with Crippen LogP contribution in [0.15, 0.2) is 41.6 Å². The van der Waals surface area contributed by atoms with Gasteiger partial charge in [-0.15, -0.1) is 0 Å². The summed E-state index contributed by atoms with van der Waals surface area (Å²) in [6, 6.07) is 8.77. The Hall–Kier alpha value is -2.27. The Bertz CT molecular complexity index is 1550. The molecular weight excluding hydrogens is 703 g/mol. The summed E-state index contributed by atoms with van der Waals surface area (Å²) in [7, 11) is 0.291. The molecule has 252 valence electrons. The highest BCUT2D eigenvalue weighted by Gasteiger charge is 2.50. The van der Waals surface area contributed by atoms with Crippen LogP contribution >= 0.6 is 54.2 Å². The lowest BCUT2D eigenvalue weighted by atomic mass is 9.79. The van der Waals surface area contributed by atoms with Crippen LogP contribution in [0.5, 0.6) is 0 Å². The first kappa shape index (κ1) is 38.2. The predicted molar refractivity (Wildman–Crippen MR) is 179 cm³/mol. The van der Waals surface area contributed by atoms with E-state index in [4.69, 9.17) is 65.1 Å². The third-order valence-electron chi connectivity index (χ3n) is 7.50. The first-order valence-corrected chi connectivity index (χ1v) is 17.2. The summed E-state index contributed by atoms with van der Waals surface area (Å²) < 4.78 is 42.4. The lowest BCUT2D eigenvalue weighted by Crippen LogP contribution is -2.49. The largest absolute Gasteiger partial charge is 0.529 e. The number of nitrogens with one attached hydrogen (secondary N) is 1. The van der Waals surface area contributed by atoms with Crippen molar-refractivity contribution in [3.63, 3.8) is 0 Å². The molecule has 0 bridgehead atoms. The summed E-state index contributed by atoms with van der Waals surface area (Å²) in [6.07, 6.45) is 2.25. The van der Waals surface area contributed by atoms with Crippen molar-refractivity contribution < 1.29 is 41.9 Å².